The summed E-state index contributed by atoms with van der Waals surface area (Å²) in [6.07, 6.45) is 5.37. The number of rotatable bonds is 9. The number of benzene rings is 2. The zero-order valence-corrected chi connectivity index (χ0v) is 18.4. The van der Waals surface area contributed by atoms with E-state index >= 15 is 0 Å². The zero-order chi connectivity index (χ0) is 20.8. The fraction of sp³-hybridized carbons (Fsp3) is 0.238. The SMILES string of the molecule is COc1cc(OC)c(C(Cn2ccnc2)Sc2ccc(C(=O)O)cc2)c(OC)c1.Cl. The van der Waals surface area contributed by atoms with Crippen molar-refractivity contribution in [1.29, 1.82) is 0 Å². The molecule has 160 valence electrons. The van der Waals surface area contributed by atoms with Crippen molar-refractivity contribution in [3.05, 3.63) is 66.2 Å². The summed E-state index contributed by atoms with van der Waals surface area (Å²) in [4.78, 5) is 16.2. The van der Waals surface area contributed by atoms with Crippen molar-refractivity contribution in [3.63, 3.8) is 0 Å². The molecule has 3 aromatic rings. The molecule has 7 nitrogen and oxygen atoms in total. The number of carbonyl (C=O) groups is 1. The Morgan fingerprint density at radius 2 is 1.73 bits per heavy atom. The van der Waals surface area contributed by atoms with Gasteiger partial charge in [-0.1, -0.05) is 0 Å². The maximum absolute atomic E-state index is 11.1. The van der Waals surface area contributed by atoms with Crippen molar-refractivity contribution < 1.29 is 24.1 Å². The second kappa shape index (κ2) is 10.8. The van der Waals surface area contributed by atoms with E-state index < -0.39 is 5.97 Å². The lowest BCUT2D eigenvalue weighted by Crippen LogP contribution is -2.09. The van der Waals surface area contributed by atoms with E-state index in [4.69, 9.17) is 19.3 Å². The van der Waals surface area contributed by atoms with E-state index in [1.165, 1.54) is 0 Å². The van der Waals surface area contributed by atoms with Crippen LogP contribution in [0.25, 0.3) is 0 Å². The van der Waals surface area contributed by atoms with Crippen molar-refractivity contribution in [1.82, 2.24) is 9.55 Å². The molecule has 1 aromatic heterocycles. The fourth-order valence-electron chi connectivity index (χ4n) is 2.96. The lowest BCUT2D eigenvalue weighted by molar-refractivity contribution is 0.0697. The fourth-order valence-corrected chi connectivity index (χ4v) is 4.18. The van der Waals surface area contributed by atoms with E-state index in [1.54, 1.807) is 69.9 Å². The molecule has 1 atom stereocenters. The molecule has 0 saturated heterocycles. The number of ether oxygens (including phenoxy) is 3. The van der Waals surface area contributed by atoms with Crippen LogP contribution in [0.2, 0.25) is 0 Å². The van der Waals surface area contributed by atoms with Crippen LogP contribution < -0.4 is 14.2 Å². The molecule has 0 radical (unpaired) electrons. The third-order valence-electron chi connectivity index (χ3n) is 4.39. The Balaban J connectivity index is 0.00000320. The maximum Gasteiger partial charge on any atom is 0.335 e. The van der Waals surface area contributed by atoms with Crippen molar-refractivity contribution in [2.75, 3.05) is 21.3 Å². The largest absolute Gasteiger partial charge is 0.496 e. The van der Waals surface area contributed by atoms with Gasteiger partial charge in [-0.05, 0) is 24.3 Å². The molecule has 0 spiro atoms. The van der Waals surface area contributed by atoms with Crippen LogP contribution in [0.4, 0.5) is 0 Å². The second-order valence-electron chi connectivity index (χ2n) is 6.14. The number of hydrogen-bond acceptors (Lipinski definition) is 6. The number of hydrogen-bond donors (Lipinski definition) is 1. The van der Waals surface area contributed by atoms with Gasteiger partial charge in [0.1, 0.15) is 17.2 Å². The minimum absolute atomic E-state index is 0. The van der Waals surface area contributed by atoms with E-state index in [0.29, 0.717) is 23.8 Å². The molecule has 1 unspecified atom stereocenters. The quantitative estimate of drug-likeness (QED) is 0.478. The van der Waals surface area contributed by atoms with E-state index in [1.807, 2.05) is 22.9 Å². The molecule has 9 heteroatoms. The number of nitrogens with zero attached hydrogens (tertiary/aromatic N) is 2. The molecule has 0 fully saturated rings. The lowest BCUT2D eigenvalue weighted by atomic mass is 10.1. The number of methoxy groups -OCH3 is 3. The predicted molar refractivity (Wildman–Crippen MR) is 118 cm³/mol. The maximum atomic E-state index is 11.1. The highest BCUT2D eigenvalue weighted by atomic mass is 35.5. The van der Waals surface area contributed by atoms with Crippen LogP contribution in [0, 0.1) is 0 Å². The molecule has 0 bridgehead atoms. The van der Waals surface area contributed by atoms with Gasteiger partial charge in [0.2, 0.25) is 0 Å². The predicted octanol–water partition coefficient (Wildman–Crippen LogP) is 4.56. The number of halogens is 1. The number of aromatic carboxylic acids is 1. The second-order valence-corrected chi connectivity index (χ2v) is 7.42. The smallest absolute Gasteiger partial charge is 0.335 e. The Morgan fingerprint density at radius 3 is 2.20 bits per heavy atom. The van der Waals surface area contributed by atoms with Crippen LogP contribution in [0.5, 0.6) is 17.2 Å². The van der Waals surface area contributed by atoms with Gasteiger partial charge in [-0.15, -0.1) is 24.2 Å². The monoisotopic (exact) mass is 450 g/mol. The molecule has 0 aliphatic carbocycles. The van der Waals surface area contributed by atoms with Gasteiger partial charge in [-0.25, -0.2) is 9.78 Å². The topological polar surface area (TPSA) is 82.8 Å². The zero-order valence-electron chi connectivity index (χ0n) is 16.8. The number of aromatic nitrogens is 2. The van der Waals surface area contributed by atoms with Gasteiger partial charge < -0.3 is 23.9 Å². The molecular weight excluding hydrogens is 428 g/mol. The Labute approximate surface area is 185 Å². The van der Waals surface area contributed by atoms with Crippen molar-refractivity contribution >= 4 is 30.1 Å². The van der Waals surface area contributed by atoms with E-state index in [0.717, 1.165) is 10.5 Å². The van der Waals surface area contributed by atoms with Gasteiger partial charge in [-0.3, -0.25) is 0 Å². The molecule has 1 N–H and O–H groups in total. The first-order valence-corrected chi connectivity index (χ1v) is 9.69. The summed E-state index contributed by atoms with van der Waals surface area (Å²) >= 11 is 1.59. The molecular formula is C21H23ClN2O5S. The Kier molecular flexibility index (Phi) is 8.44. The van der Waals surface area contributed by atoms with E-state index in [2.05, 4.69) is 4.98 Å². The van der Waals surface area contributed by atoms with Gasteiger partial charge in [0.25, 0.3) is 0 Å². The molecule has 0 aliphatic heterocycles. The number of imidazole rings is 1. The average Bonchev–Trinajstić information content (AvgIpc) is 3.25. The molecule has 1 heterocycles. The summed E-state index contributed by atoms with van der Waals surface area (Å²) in [5.41, 5.74) is 1.14. The van der Waals surface area contributed by atoms with Crippen LogP contribution in [0.3, 0.4) is 0 Å². The van der Waals surface area contributed by atoms with Gasteiger partial charge >= 0.3 is 5.97 Å². The number of carboxylic acids is 1. The minimum atomic E-state index is -0.949. The summed E-state index contributed by atoms with van der Waals surface area (Å²) in [6, 6.07) is 10.5. The van der Waals surface area contributed by atoms with Crippen LogP contribution in [-0.2, 0) is 6.54 Å². The highest BCUT2D eigenvalue weighted by Crippen LogP contribution is 2.46. The van der Waals surface area contributed by atoms with Gasteiger partial charge in [-0.2, -0.15) is 0 Å². The summed E-state index contributed by atoms with van der Waals surface area (Å²) < 4.78 is 18.6. The summed E-state index contributed by atoms with van der Waals surface area (Å²) in [5.74, 6) is 0.997. The average molecular weight is 451 g/mol. The molecule has 0 amide bonds. The molecule has 3 rings (SSSR count). The first-order chi connectivity index (χ1) is 14.0. The Hall–Kier alpha value is -2.84. The van der Waals surface area contributed by atoms with Gasteiger partial charge in [0.05, 0.1) is 44.0 Å². The highest BCUT2D eigenvalue weighted by molar-refractivity contribution is 7.99. The first-order valence-electron chi connectivity index (χ1n) is 8.81. The third-order valence-corrected chi connectivity index (χ3v) is 5.60. The molecule has 30 heavy (non-hydrogen) atoms. The van der Waals surface area contributed by atoms with Crippen LogP contribution >= 0.6 is 24.2 Å². The molecule has 2 aromatic carbocycles. The summed E-state index contributed by atoms with van der Waals surface area (Å²) in [7, 11) is 4.81. The van der Waals surface area contributed by atoms with Crippen LogP contribution in [0.15, 0.2) is 60.0 Å². The summed E-state index contributed by atoms with van der Waals surface area (Å²) in [6.45, 7) is 0.615. The number of thioether (sulfide) groups is 1. The lowest BCUT2D eigenvalue weighted by Gasteiger charge is -2.23. The van der Waals surface area contributed by atoms with Crippen molar-refractivity contribution in [2.45, 2.75) is 16.7 Å². The van der Waals surface area contributed by atoms with Crippen molar-refractivity contribution in [3.8, 4) is 17.2 Å². The standard InChI is InChI=1S/C21H22N2O5S.ClH/c1-26-15-10-17(27-2)20(18(11-15)28-3)19(12-23-9-8-22-13-23)29-16-6-4-14(5-7-16)21(24)25;/h4-11,13,19H,12H2,1-3H3,(H,24,25);1H. The Morgan fingerprint density at radius 1 is 1.10 bits per heavy atom. The summed E-state index contributed by atoms with van der Waals surface area (Å²) in [5, 5.41) is 9.04. The van der Waals surface area contributed by atoms with E-state index in [-0.39, 0.29) is 23.2 Å². The minimum Gasteiger partial charge on any atom is -0.496 e. The van der Waals surface area contributed by atoms with Gasteiger partial charge in [0, 0.05) is 36.0 Å². The first kappa shape index (κ1) is 23.4. The normalized spacial score (nSPS) is 11.3. The van der Waals surface area contributed by atoms with Crippen LogP contribution in [-0.4, -0.2) is 42.0 Å². The highest BCUT2D eigenvalue weighted by Gasteiger charge is 2.24. The molecule has 0 saturated carbocycles. The van der Waals surface area contributed by atoms with E-state index in [9.17, 15) is 4.79 Å². The Bertz CT molecular complexity index is 939. The van der Waals surface area contributed by atoms with Gasteiger partial charge in [0.15, 0.2) is 0 Å². The molecule has 0 aliphatic rings. The third kappa shape index (κ3) is 5.40. The van der Waals surface area contributed by atoms with Crippen LogP contribution in [0.1, 0.15) is 21.2 Å². The number of carboxylic acid groups (broad SMARTS) is 1. The van der Waals surface area contributed by atoms with Crippen molar-refractivity contribution in [2.24, 2.45) is 0 Å².